The Balaban J connectivity index is 1.27. The summed E-state index contributed by atoms with van der Waals surface area (Å²) >= 11 is 12.4. The van der Waals surface area contributed by atoms with Crippen LogP contribution in [0.3, 0.4) is 0 Å². The largest absolute Gasteiger partial charge is 0.390 e. The molecule has 1 atom stereocenters. The van der Waals surface area contributed by atoms with Crippen LogP contribution in [0.2, 0.25) is 10.0 Å². The van der Waals surface area contributed by atoms with Crippen LogP contribution in [-0.4, -0.2) is 33.9 Å². The van der Waals surface area contributed by atoms with Crippen LogP contribution in [0.4, 0.5) is 4.39 Å². The summed E-state index contributed by atoms with van der Waals surface area (Å²) in [6.07, 6.45) is 2.12. The van der Waals surface area contributed by atoms with Crippen LogP contribution in [0, 0.1) is 5.82 Å². The molecule has 0 amide bonds. The van der Waals surface area contributed by atoms with E-state index in [4.69, 9.17) is 23.2 Å². The molecule has 5 aromatic rings. The second-order valence-corrected chi connectivity index (χ2v) is 8.92. The van der Waals surface area contributed by atoms with Crippen molar-refractivity contribution < 1.29 is 9.50 Å². The molecule has 4 nitrogen and oxygen atoms in total. The number of aliphatic hydroxyl groups excluding tert-OH is 1. The fourth-order valence-corrected chi connectivity index (χ4v) is 4.72. The fourth-order valence-electron chi connectivity index (χ4n) is 4.38. The summed E-state index contributed by atoms with van der Waals surface area (Å²) in [7, 11) is 0. The maximum absolute atomic E-state index is 13.4. The summed E-state index contributed by atoms with van der Waals surface area (Å²) in [6, 6.07) is 16.3. The van der Waals surface area contributed by atoms with E-state index in [1.807, 2.05) is 42.6 Å². The van der Waals surface area contributed by atoms with Crippen LogP contribution in [0.25, 0.3) is 32.7 Å². The Morgan fingerprint density at radius 1 is 0.938 bits per heavy atom. The molecule has 0 aliphatic carbocycles. The SMILES string of the molecule is O[C@H](CNCCc1c[nH]c2cc(F)ccc12)Cn1c2ccc(Cl)cc2c2cc(Cl)ccc21. The first-order chi connectivity index (χ1) is 15.5. The highest BCUT2D eigenvalue weighted by Gasteiger charge is 2.15. The van der Waals surface area contributed by atoms with Gasteiger partial charge in [-0.05, 0) is 73.1 Å². The van der Waals surface area contributed by atoms with Gasteiger partial charge in [0.2, 0.25) is 0 Å². The lowest BCUT2D eigenvalue weighted by atomic mass is 10.1. The number of aromatic nitrogens is 2. The molecule has 3 N–H and O–H groups in total. The molecular weight excluding hydrogens is 448 g/mol. The second-order valence-electron chi connectivity index (χ2n) is 8.05. The molecule has 32 heavy (non-hydrogen) atoms. The molecule has 0 aliphatic rings. The van der Waals surface area contributed by atoms with Gasteiger partial charge in [0.25, 0.3) is 0 Å². The third-order valence-electron chi connectivity index (χ3n) is 5.86. The molecule has 7 heteroatoms. The van der Waals surface area contributed by atoms with Crippen LogP contribution >= 0.6 is 23.2 Å². The first-order valence-electron chi connectivity index (χ1n) is 10.5. The Bertz CT molecular complexity index is 1370. The van der Waals surface area contributed by atoms with Gasteiger partial charge in [0.15, 0.2) is 0 Å². The number of rotatable bonds is 7. The highest BCUT2D eigenvalue weighted by Crippen LogP contribution is 2.33. The van der Waals surface area contributed by atoms with E-state index in [-0.39, 0.29) is 5.82 Å². The maximum atomic E-state index is 13.4. The standard InChI is InChI=1S/C25H22Cl2FN3O/c26-16-1-5-24-21(9-16)22-10-17(27)2-6-25(22)31(24)14-19(32)13-29-8-7-15-12-30-23-11-18(28)3-4-20(15)23/h1-6,9-12,19,29-30,32H,7-8,13-14H2/t19-/m1/s1. The lowest BCUT2D eigenvalue weighted by Crippen LogP contribution is -2.31. The first-order valence-corrected chi connectivity index (χ1v) is 11.3. The zero-order valence-corrected chi connectivity index (χ0v) is 18.7. The lowest BCUT2D eigenvalue weighted by molar-refractivity contribution is 0.154. The van der Waals surface area contributed by atoms with Crippen molar-refractivity contribution >= 4 is 55.9 Å². The molecule has 0 spiro atoms. The molecule has 0 radical (unpaired) electrons. The molecule has 0 unspecified atom stereocenters. The number of hydrogen-bond donors (Lipinski definition) is 3. The highest BCUT2D eigenvalue weighted by molar-refractivity contribution is 6.33. The van der Waals surface area contributed by atoms with Crippen molar-refractivity contribution in [1.82, 2.24) is 14.9 Å². The van der Waals surface area contributed by atoms with Gasteiger partial charge in [0.1, 0.15) is 5.82 Å². The fraction of sp³-hybridized carbons (Fsp3) is 0.200. The zero-order chi connectivity index (χ0) is 22.2. The van der Waals surface area contributed by atoms with Crippen LogP contribution < -0.4 is 5.32 Å². The van der Waals surface area contributed by atoms with Crippen molar-refractivity contribution in [3.8, 4) is 0 Å². The minimum Gasteiger partial charge on any atom is -0.390 e. The number of benzene rings is 3. The Hall–Kier alpha value is -2.57. The summed E-state index contributed by atoms with van der Waals surface area (Å²) in [6.45, 7) is 1.61. The van der Waals surface area contributed by atoms with Gasteiger partial charge in [0, 0.05) is 55.5 Å². The van der Waals surface area contributed by atoms with Crippen molar-refractivity contribution in [3.63, 3.8) is 0 Å². The average molecular weight is 470 g/mol. The van der Waals surface area contributed by atoms with E-state index in [1.54, 1.807) is 6.07 Å². The number of halogens is 3. The van der Waals surface area contributed by atoms with Crippen molar-refractivity contribution in [3.05, 3.63) is 82.2 Å². The zero-order valence-electron chi connectivity index (χ0n) is 17.2. The smallest absolute Gasteiger partial charge is 0.125 e. The van der Waals surface area contributed by atoms with Crippen LogP contribution in [0.15, 0.2) is 60.8 Å². The molecule has 2 heterocycles. The topological polar surface area (TPSA) is 53.0 Å². The predicted octanol–water partition coefficient (Wildman–Crippen LogP) is 5.91. The number of nitrogens with zero attached hydrogens (tertiary/aromatic N) is 1. The minimum absolute atomic E-state index is 0.248. The van der Waals surface area contributed by atoms with E-state index in [0.717, 1.165) is 44.7 Å². The van der Waals surface area contributed by atoms with E-state index in [2.05, 4.69) is 14.9 Å². The van der Waals surface area contributed by atoms with E-state index < -0.39 is 6.10 Å². The number of hydrogen-bond acceptors (Lipinski definition) is 2. The Morgan fingerprint density at radius 3 is 2.31 bits per heavy atom. The van der Waals surface area contributed by atoms with Gasteiger partial charge in [-0.2, -0.15) is 0 Å². The lowest BCUT2D eigenvalue weighted by Gasteiger charge is -2.15. The molecular formula is C25H22Cl2FN3O. The Kier molecular flexibility index (Phi) is 5.82. The highest BCUT2D eigenvalue weighted by atomic mass is 35.5. The average Bonchev–Trinajstić information content (AvgIpc) is 3.29. The quantitative estimate of drug-likeness (QED) is 0.259. The van der Waals surface area contributed by atoms with Crippen LogP contribution in [-0.2, 0) is 13.0 Å². The Labute approximate surface area is 194 Å². The molecule has 0 fully saturated rings. The number of H-pyrrole nitrogens is 1. The molecule has 5 rings (SSSR count). The summed E-state index contributed by atoms with van der Waals surface area (Å²) in [4.78, 5) is 3.11. The van der Waals surface area contributed by atoms with Crippen molar-refractivity contribution in [1.29, 1.82) is 0 Å². The summed E-state index contributed by atoms with van der Waals surface area (Å²) in [5, 5.41) is 18.5. The van der Waals surface area contributed by atoms with Gasteiger partial charge < -0.3 is 20.0 Å². The van der Waals surface area contributed by atoms with E-state index in [1.165, 1.54) is 12.1 Å². The normalized spacial score (nSPS) is 12.9. The van der Waals surface area contributed by atoms with E-state index in [9.17, 15) is 9.50 Å². The van der Waals surface area contributed by atoms with Crippen molar-refractivity contribution in [2.24, 2.45) is 0 Å². The Morgan fingerprint density at radius 2 is 1.62 bits per heavy atom. The van der Waals surface area contributed by atoms with Crippen molar-refractivity contribution in [2.75, 3.05) is 13.1 Å². The van der Waals surface area contributed by atoms with Gasteiger partial charge in [-0.25, -0.2) is 4.39 Å². The molecule has 0 bridgehead atoms. The predicted molar refractivity (Wildman–Crippen MR) is 130 cm³/mol. The number of nitrogens with one attached hydrogen (secondary N) is 2. The summed E-state index contributed by atoms with van der Waals surface area (Å²) < 4.78 is 15.5. The number of fused-ring (bicyclic) bond motifs is 4. The van der Waals surface area contributed by atoms with Gasteiger partial charge >= 0.3 is 0 Å². The molecule has 0 aliphatic heterocycles. The van der Waals surface area contributed by atoms with Gasteiger partial charge in [-0.1, -0.05) is 23.2 Å². The second kappa shape index (κ2) is 8.75. The number of aromatic amines is 1. The first kappa shape index (κ1) is 21.3. The van der Waals surface area contributed by atoms with E-state index >= 15 is 0 Å². The van der Waals surface area contributed by atoms with Crippen LogP contribution in [0.5, 0.6) is 0 Å². The third kappa shape index (κ3) is 4.09. The monoisotopic (exact) mass is 469 g/mol. The van der Waals surface area contributed by atoms with Gasteiger partial charge in [-0.15, -0.1) is 0 Å². The van der Waals surface area contributed by atoms with Gasteiger partial charge in [-0.3, -0.25) is 0 Å². The summed E-state index contributed by atoms with van der Waals surface area (Å²) in [5.74, 6) is -0.248. The molecule has 0 saturated heterocycles. The summed E-state index contributed by atoms with van der Waals surface area (Å²) in [5.41, 5.74) is 3.94. The van der Waals surface area contributed by atoms with Crippen LogP contribution in [0.1, 0.15) is 5.56 Å². The van der Waals surface area contributed by atoms with E-state index in [0.29, 0.717) is 29.7 Å². The maximum Gasteiger partial charge on any atom is 0.125 e. The minimum atomic E-state index is -0.572. The number of aliphatic hydroxyl groups is 1. The third-order valence-corrected chi connectivity index (χ3v) is 6.33. The molecule has 2 aromatic heterocycles. The molecule has 3 aromatic carbocycles. The molecule has 164 valence electrons. The van der Waals surface area contributed by atoms with Gasteiger partial charge in [0.05, 0.1) is 12.6 Å². The van der Waals surface area contributed by atoms with Crippen molar-refractivity contribution in [2.45, 2.75) is 19.1 Å². The molecule has 0 saturated carbocycles.